The minimum Gasteiger partial charge on any atom is -0.374 e. The highest BCUT2D eigenvalue weighted by atomic mass is 16.3. The first-order chi connectivity index (χ1) is 14.8. The van der Waals surface area contributed by atoms with E-state index in [0.29, 0.717) is 5.92 Å². The van der Waals surface area contributed by atoms with Crippen LogP contribution in [-0.4, -0.2) is 21.4 Å². The molecule has 0 aliphatic carbocycles. The lowest BCUT2D eigenvalue weighted by atomic mass is 9.99. The van der Waals surface area contributed by atoms with Crippen molar-refractivity contribution in [3.63, 3.8) is 0 Å². The molecule has 2 nitrogen and oxygen atoms in total. The highest BCUT2D eigenvalue weighted by Gasteiger charge is 2.12. The van der Waals surface area contributed by atoms with Crippen LogP contribution in [0.15, 0.2) is 59.3 Å². The second-order valence-corrected chi connectivity index (χ2v) is 9.59. The van der Waals surface area contributed by atoms with Crippen molar-refractivity contribution in [1.82, 2.24) is 0 Å². The summed E-state index contributed by atoms with van der Waals surface area (Å²) in [5.41, 5.74) is 1.42. The van der Waals surface area contributed by atoms with Gasteiger partial charge in [-0.05, 0) is 110 Å². The van der Waals surface area contributed by atoms with Crippen molar-refractivity contribution in [3.05, 3.63) is 59.3 Å². The Balaban J connectivity index is 4.73. The van der Waals surface area contributed by atoms with Crippen molar-refractivity contribution in [2.45, 2.75) is 98.7 Å². The van der Waals surface area contributed by atoms with E-state index in [4.69, 9.17) is 0 Å². The Hall–Kier alpha value is -2.26. The van der Waals surface area contributed by atoms with Gasteiger partial charge >= 0.3 is 0 Å². The molecule has 0 heterocycles. The lowest BCUT2D eigenvalue weighted by molar-refractivity contribution is 0.173. The van der Waals surface area contributed by atoms with E-state index < -0.39 is 11.2 Å². The molecular weight excluding hydrogens is 392 g/mol. The largest absolute Gasteiger partial charge is 0.374 e. The SMILES string of the molecule is CC(C)=CCC/C(C)=C/C=C/C(C)(O)C#CC#CC(C)(O)/C=C/CC(C)CCC=C(C)C. The molecule has 0 amide bonds. The van der Waals surface area contributed by atoms with Crippen LogP contribution in [0.25, 0.3) is 0 Å². The molecule has 2 N–H and O–H groups in total. The van der Waals surface area contributed by atoms with E-state index in [1.54, 1.807) is 26.0 Å². The highest BCUT2D eigenvalue weighted by Crippen LogP contribution is 2.14. The molecule has 0 saturated heterocycles. The van der Waals surface area contributed by atoms with Gasteiger partial charge in [-0.1, -0.05) is 65.9 Å². The van der Waals surface area contributed by atoms with E-state index >= 15 is 0 Å². The van der Waals surface area contributed by atoms with Crippen LogP contribution >= 0.6 is 0 Å². The molecule has 0 aliphatic rings. The van der Waals surface area contributed by atoms with Gasteiger partial charge in [-0.25, -0.2) is 0 Å². The topological polar surface area (TPSA) is 40.5 Å². The molecule has 2 heteroatoms. The molecule has 0 aromatic carbocycles. The van der Waals surface area contributed by atoms with Gasteiger partial charge in [0, 0.05) is 0 Å². The van der Waals surface area contributed by atoms with Crippen LogP contribution in [0.2, 0.25) is 0 Å². The minimum absolute atomic E-state index is 0.553. The number of allylic oxidation sites excluding steroid dienone is 8. The summed E-state index contributed by atoms with van der Waals surface area (Å²) in [5.74, 6) is 11.4. The van der Waals surface area contributed by atoms with Crippen molar-refractivity contribution in [3.8, 4) is 23.7 Å². The van der Waals surface area contributed by atoms with Crippen molar-refractivity contribution in [2.24, 2.45) is 5.92 Å². The van der Waals surface area contributed by atoms with Crippen LogP contribution in [0.4, 0.5) is 0 Å². The third-order valence-corrected chi connectivity index (χ3v) is 4.78. The summed E-state index contributed by atoms with van der Waals surface area (Å²) in [6, 6.07) is 0. The molecule has 0 saturated carbocycles. The molecule has 0 aromatic heterocycles. The van der Waals surface area contributed by atoms with E-state index in [-0.39, 0.29) is 0 Å². The molecule has 176 valence electrons. The predicted octanol–water partition coefficient (Wildman–Crippen LogP) is 7.07. The molecular formula is C30H44O2. The average Bonchev–Trinajstić information content (AvgIpc) is 2.64. The Morgan fingerprint density at radius 2 is 1.38 bits per heavy atom. The third kappa shape index (κ3) is 18.5. The second kappa shape index (κ2) is 15.5. The molecule has 0 radical (unpaired) electrons. The van der Waals surface area contributed by atoms with Crippen molar-refractivity contribution < 1.29 is 10.2 Å². The Morgan fingerprint density at radius 1 is 0.844 bits per heavy atom. The maximum atomic E-state index is 10.4. The molecule has 3 atom stereocenters. The van der Waals surface area contributed by atoms with Gasteiger partial charge in [0.2, 0.25) is 0 Å². The zero-order chi connectivity index (χ0) is 24.6. The third-order valence-electron chi connectivity index (χ3n) is 4.78. The summed E-state index contributed by atoms with van der Waals surface area (Å²) in [6.07, 6.45) is 18.8. The van der Waals surface area contributed by atoms with Gasteiger partial charge in [0.15, 0.2) is 0 Å². The quantitative estimate of drug-likeness (QED) is 0.206. The van der Waals surface area contributed by atoms with Crippen LogP contribution in [0.3, 0.4) is 0 Å². The first-order valence-corrected chi connectivity index (χ1v) is 11.6. The monoisotopic (exact) mass is 436 g/mol. The summed E-state index contributed by atoms with van der Waals surface area (Å²) < 4.78 is 0. The zero-order valence-electron chi connectivity index (χ0n) is 21.5. The van der Waals surface area contributed by atoms with Crippen LogP contribution in [-0.2, 0) is 0 Å². The first-order valence-electron chi connectivity index (χ1n) is 11.6. The molecule has 3 unspecified atom stereocenters. The number of rotatable bonds is 11. The van der Waals surface area contributed by atoms with Crippen molar-refractivity contribution >= 4 is 0 Å². The fourth-order valence-electron chi connectivity index (χ4n) is 2.77. The predicted molar refractivity (Wildman–Crippen MR) is 140 cm³/mol. The van der Waals surface area contributed by atoms with E-state index in [1.807, 2.05) is 18.2 Å². The highest BCUT2D eigenvalue weighted by molar-refractivity contribution is 5.36. The van der Waals surface area contributed by atoms with Gasteiger partial charge in [0.25, 0.3) is 0 Å². The second-order valence-electron chi connectivity index (χ2n) is 9.59. The maximum Gasteiger partial charge on any atom is 0.142 e. The normalized spacial score (nSPS) is 16.2. The van der Waals surface area contributed by atoms with Gasteiger partial charge in [-0.15, -0.1) is 0 Å². The lowest BCUT2D eigenvalue weighted by Gasteiger charge is -2.11. The first kappa shape index (κ1) is 29.7. The van der Waals surface area contributed by atoms with E-state index in [0.717, 1.165) is 32.1 Å². The van der Waals surface area contributed by atoms with Crippen molar-refractivity contribution in [2.75, 3.05) is 0 Å². The average molecular weight is 437 g/mol. The summed E-state index contributed by atoms with van der Waals surface area (Å²) in [5, 5.41) is 20.8. The number of aliphatic hydroxyl groups is 2. The molecule has 0 rings (SSSR count). The van der Waals surface area contributed by atoms with Gasteiger partial charge in [0.1, 0.15) is 11.2 Å². The molecule has 0 aromatic rings. The Kier molecular flexibility index (Phi) is 14.4. The summed E-state index contributed by atoms with van der Waals surface area (Å²) in [6.45, 7) is 16.0. The van der Waals surface area contributed by atoms with Crippen LogP contribution in [0.5, 0.6) is 0 Å². The molecule has 0 aliphatic heterocycles. The van der Waals surface area contributed by atoms with E-state index in [2.05, 4.69) is 77.4 Å². The summed E-state index contributed by atoms with van der Waals surface area (Å²) >= 11 is 0. The lowest BCUT2D eigenvalue weighted by Crippen LogP contribution is -2.18. The van der Waals surface area contributed by atoms with Gasteiger partial charge < -0.3 is 10.2 Å². The smallest absolute Gasteiger partial charge is 0.142 e. The maximum absolute atomic E-state index is 10.4. The van der Waals surface area contributed by atoms with Gasteiger partial charge in [-0.3, -0.25) is 0 Å². The van der Waals surface area contributed by atoms with Gasteiger partial charge in [-0.2, -0.15) is 0 Å². The Bertz CT molecular complexity index is 829. The molecule has 0 bridgehead atoms. The van der Waals surface area contributed by atoms with Crippen LogP contribution < -0.4 is 0 Å². The summed E-state index contributed by atoms with van der Waals surface area (Å²) in [4.78, 5) is 0. The van der Waals surface area contributed by atoms with Crippen molar-refractivity contribution in [1.29, 1.82) is 0 Å². The number of hydrogen-bond donors (Lipinski definition) is 2. The molecule has 0 fully saturated rings. The van der Waals surface area contributed by atoms with Gasteiger partial charge in [0.05, 0.1) is 0 Å². The van der Waals surface area contributed by atoms with E-state index in [1.165, 1.54) is 16.7 Å². The standard InChI is InChI=1S/C30H44O2/c1-25(2)15-11-17-27(5)19-13-23-29(7,31)21-9-10-22-30(8,32)24-14-20-28(6)18-12-16-26(3)4/h13-16,19,23-24,28,31-32H,11-12,17-18,20H2,1-8H3/b23-13+,24-14+,27-19+. The van der Waals surface area contributed by atoms with Crippen LogP contribution in [0.1, 0.15) is 87.5 Å². The zero-order valence-corrected chi connectivity index (χ0v) is 21.5. The molecule has 32 heavy (non-hydrogen) atoms. The van der Waals surface area contributed by atoms with Crippen LogP contribution in [0, 0.1) is 29.6 Å². The minimum atomic E-state index is -1.27. The Labute approximate surface area is 197 Å². The summed E-state index contributed by atoms with van der Waals surface area (Å²) in [7, 11) is 0. The molecule has 0 spiro atoms. The Morgan fingerprint density at radius 3 is 1.94 bits per heavy atom. The van der Waals surface area contributed by atoms with E-state index in [9.17, 15) is 10.2 Å². The fourth-order valence-corrected chi connectivity index (χ4v) is 2.77. The number of hydrogen-bond acceptors (Lipinski definition) is 2. The fraction of sp³-hybridized carbons (Fsp3) is 0.533.